The first-order chi connectivity index (χ1) is 9.02. The number of hydrogen-bond acceptors (Lipinski definition) is 3. The quantitative estimate of drug-likeness (QED) is 0.908. The van der Waals surface area contributed by atoms with Crippen LogP contribution in [0.2, 0.25) is 0 Å². The third-order valence-electron chi connectivity index (χ3n) is 3.68. The molecule has 1 aromatic rings. The molecule has 1 N–H and O–H groups in total. The summed E-state index contributed by atoms with van der Waals surface area (Å²) < 4.78 is 0.370. The Labute approximate surface area is 122 Å². The van der Waals surface area contributed by atoms with Crippen LogP contribution in [0.3, 0.4) is 0 Å². The largest absolute Gasteiger partial charge is 0.369 e. The summed E-state index contributed by atoms with van der Waals surface area (Å²) in [4.78, 5) is 2.53. The number of thioether (sulfide) groups is 1. The zero-order valence-electron chi connectivity index (χ0n) is 12.6. The second kappa shape index (κ2) is 6.19. The van der Waals surface area contributed by atoms with Gasteiger partial charge in [0, 0.05) is 35.8 Å². The van der Waals surface area contributed by atoms with E-state index in [9.17, 15) is 0 Å². The lowest BCUT2D eigenvalue weighted by Crippen LogP contribution is -2.43. The first-order valence-electron chi connectivity index (χ1n) is 7.21. The van der Waals surface area contributed by atoms with Crippen LogP contribution in [0, 0.1) is 6.92 Å². The Bertz CT molecular complexity index is 429. The van der Waals surface area contributed by atoms with E-state index in [4.69, 9.17) is 0 Å². The van der Waals surface area contributed by atoms with E-state index in [-0.39, 0.29) is 0 Å². The minimum Gasteiger partial charge on any atom is -0.369 e. The average Bonchev–Trinajstić information content (AvgIpc) is 2.36. The van der Waals surface area contributed by atoms with Crippen LogP contribution in [0.15, 0.2) is 18.2 Å². The van der Waals surface area contributed by atoms with Gasteiger partial charge in [0.05, 0.1) is 0 Å². The highest BCUT2D eigenvalue weighted by Crippen LogP contribution is 2.32. The van der Waals surface area contributed by atoms with Crippen molar-refractivity contribution >= 4 is 17.4 Å². The molecule has 1 heterocycles. The van der Waals surface area contributed by atoms with E-state index in [2.05, 4.69) is 67.9 Å². The van der Waals surface area contributed by atoms with Crippen LogP contribution in [0.1, 0.15) is 31.9 Å². The van der Waals surface area contributed by atoms with Crippen molar-refractivity contribution in [3.8, 4) is 0 Å². The predicted octanol–water partition coefficient (Wildman–Crippen LogP) is 3.44. The molecule has 3 heteroatoms. The second-order valence-electron chi connectivity index (χ2n) is 5.92. The Balaban J connectivity index is 2.10. The van der Waals surface area contributed by atoms with E-state index in [1.807, 2.05) is 0 Å². The van der Waals surface area contributed by atoms with Gasteiger partial charge in [-0.05, 0) is 50.6 Å². The molecule has 0 aliphatic carbocycles. The van der Waals surface area contributed by atoms with Crippen molar-refractivity contribution in [3.05, 3.63) is 29.3 Å². The molecule has 2 nitrogen and oxygen atoms in total. The fraction of sp³-hybridized carbons (Fsp3) is 0.625. The SMILES string of the molecule is CCNCc1ccc(N2CCSC(C)(C)C2)cc1C. The van der Waals surface area contributed by atoms with Crippen LogP contribution in [0.25, 0.3) is 0 Å². The molecule has 19 heavy (non-hydrogen) atoms. The molecule has 1 aromatic carbocycles. The van der Waals surface area contributed by atoms with Crippen LogP contribution < -0.4 is 10.2 Å². The highest BCUT2D eigenvalue weighted by molar-refractivity contribution is 8.00. The van der Waals surface area contributed by atoms with Gasteiger partial charge in [-0.1, -0.05) is 13.0 Å². The number of aryl methyl sites for hydroxylation is 1. The van der Waals surface area contributed by atoms with Crippen molar-refractivity contribution in [2.24, 2.45) is 0 Å². The number of hydrogen-bond donors (Lipinski definition) is 1. The van der Waals surface area contributed by atoms with Crippen molar-refractivity contribution in [3.63, 3.8) is 0 Å². The Hall–Kier alpha value is -0.670. The van der Waals surface area contributed by atoms with Gasteiger partial charge in [0.2, 0.25) is 0 Å². The molecule has 1 aliphatic rings. The molecule has 0 amide bonds. The first kappa shape index (κ1) is 14.7. The summed E-state index contributed by atoms with van der Waals surface area (Å²) in [5.41, 5.74) is 4.19. The van der Waals surface area contributed by atoms with Crippen molar-refractivity contribution in [1.29, 1.82) is 0 Å². The molecule has 0 bridgehead atoms. The maximum absolute atomic E-state index is 3.40. The third kappa shape index (κ3) is 3.90. The van der Waals surface area contributed by atoms with Crippen LogP contribution in [-0.4, -0.2) is 30.1 Å². The molecule has 106 valence electrons. The molecular weight excluding hydrogens is 252 g/mol. The number of anilines is 1. The lowest BCUT2D eigenvalue weighted by Gasteiger charge is -2.39. The zero-order chi connectivity index (χ0) is 13.9. The normalized spacial score (nSPS) is 18.6. The zero-order valence-corrected chi connectivity index (χ0v) is 13.4. The number of nitrogens with one attached hydrogen (secondary N) is 1. The monoisotopic (exact) mass is 278 g/mol. The van der Waals surface area contributed by atoms with Crippen LogP contribution >= 0.6 is 11.8 Å². The van der Waals surface area contributed by atoms with E-state index >= 15 is 0 Å². The Morgan fingerprint density at radius 2 is 2.16 bits per heavy atom. The second-order valence-corrected chi connectivity index (χ2v) is 7.72. The molecule has 0 unspecified atom stereocenters. The number of benzene rings is 1. The summed E-state index contributed by atoms with van der Waals surface area (Å²) in [5.74, 6) is 1.23. The van der Waals surface area contributed by atoms with E-state index < -0.39 is 0 Å². The van der Waals surface area contributed by atoms with Gasteiger partial charge in [0.25, 0.3) is 0 Å². The lowest BCUT2D eigenvalue weighted by molar-refractivity contribution is 0.647. The molecule has 0 aromatic heterocycles. The Morgan fingerprint density at radius 1 is 1.37 bits per heavy atom. The van der Waals surface area contributed by atoms with Gasteiger partial charge in [-0.25, -0.2) is 0 Å². The third-order valence-corrected chi connectivity index (χ3v) is 4.98. The molecule has 1 aliphatic heterocycles. The fourth-order valence-electron chi connectivity index (χ4n) is 2.57. The highest BCUT2D eigenvalue weighted by Gasteiger charge is 2.27. The Kier molecular flexibility index (Phi) is 4.80. The Morgan fingerprint density at radius 3 is 2.79 bits per heavy atom. The van der Waals surface area contributed by atoms with Crippen LogP contribution in [0.4, 0.5) is 5.69 Å². The number of rotatable bonds is 4. The smallest absolute Gasteiger partial charge is 0.0369 e. The summed E-state index contributed by atoms with van der Waals surface area (Å²) in [6.07, 6.45) is 0. The topological polar surface area (TPSA) is 15.3 Å². The molecule has 0 atom stereocenters. The summed E-state index contributed by atoms with van der Waals surface area (Å²) in [7, 11) is 0. The van der Waals surface area contributed by atoms with Gasteiger partial charge in [0.1, 0.15) is 0 Å². The van der Waals surface area contributed by atoms with E-state index in [0.29, 0.717) is 4.75 Å². The highest BCUT2D eigenvalue weighted by atomic mass is 32.2. The maximum atomic E-state index is 3.40. The maximum Gasteiger partial charge on any atom is 0.0369 e. The fourth-order valence-corrected chi connectivity index (χ4v) is 3.68. The summed E-state index contributed by atoms with van der Waals surface area (Å²) in [5, 5.41) is 3.40. The molecule has 0 saturated carbocycles. The minimum atomic E-state index is 0.370. The molecule has 1 saturated heterocycles. The van der Waals surface area contributed by atoms with E-state index in [1.54, 1.807) is 0 Å². The van der Waals surface area contributed by atoms with Crippen LogP contribution in [0.5, 0.6) is 0 Å². The summed E-state index contributed by atoms with van der Waals surface area (Å²) in [6, 6.07) is 6.91. The van der Waals surface area contributed by atoms with Gasteiger partial charge in [-0.2, -0.15) is 11.8 Å². The predicted molar refractivity (Wildman–Crippen MR) is 87.3 cm³/mol. The lowest BCUT2D eigenvalue weighted by atomic mass is 10.1. The standard InChI is InChI=1S/C16H26N2S/c1-5-17-11-14-6-7-15(10-13(14)2)18-8-9-19-16(3,4)12-18/h6-7,10,17H,5,8-9,11-12H2,1-4H3. The molecule has 2 rings (SSSR count). The van der Waals surface area contributed by atoms with Crippen molar-refractivity contribution in [1.82, 2.24) is 5.32 Å². The van der Waals surface area contributed by atoms with Crippen molar-refractivity contribution in [2.75, 3.05) is 30.3 Å². The first-order valence-corrected chi connectivity index (χ1v) is 8.19. The van der Waals surface area contributed by atoms with E-state index in [0.717, 1.165) is 19.6 Å². The minimum absolute atomic E-state index is 0.370. The van der Waals surface area contributed by atoms with Gasteiger partial charge < -0.3 is 10.2 Å². The summed E-state index contributed by atoms with van der Waals surface area (Å²) >= 11 is 2.09. The van der Waals surface area contributed by atoms with Gasteiger partial charge in [-0.3, -0.25) is 0 Å². The summed E-state index contributed by atoms with van der Waals surface area (Å²) in [6.45, 7) is 13.4. The molecule has 1 fully saturated rings. The van der Waals surface area contributed by atoms with Crippen molar-refractivity contribution in [2.45, 2.75) is 39.0 Å². The van der Waals surface area contributed by atoms with E-state index in [1.165, 1.54) is 29.1 Å². The van der Waals surface area contributed by atoms with Crippen LogP contribution in [-0.2, 0) is 6.54 Å². The molecular formula is C16H26N2S. The van der Waals surface area contributed by atoms with Gasteiger partial charge >= 0.3 is 0 Å². The molecule has 0 spiro atoms. The van der Waals surface area contributed by atoms with Crippen molar-refractivity contribution < 1.29 is 0 Å². The number of nitrogens with zero attached hydrogens (tertiary/aromatic N) is 1. The average molecular weight is 278 g/mol. The van der Waals surface area contributed by atoms with Gasteiger partial charge in [0.15, 0.2) is 0 Å². The van der Waals surface area contributed by atoms with Gasteiger partial charge in [-0.15, -0.1) is 0 Å². The molecule has 0 radical (unpaired) electrons.